The van der Waals surface area contributed by atoms with Gasteiger partial charge < -0.3 is 10.0 Å². The quantitative estimate of drug-likeness (QED) is 0.907. The second-order valence-electron chi connectivity index (χ2n) is 5.22. The van der Waals surface area contributed by atoms with Crippen LogP contribution in [-0.4, -0.2) is 18.2 Å². The number of hydrogen-bond acceptors (Lipinski definition) is 2. The summed E-state index contributed by atoms with van der Waals surface area (Å²) in [5.41, 5.74) is 2.23. The SMILES string of the molecule is CCC1CCN(c2ccc([C@H](C)O)c(Br)c2)CC1. The van der Waals surface area contributed by atoms with Crippen molar-refractivity contribution in [2.24, 2.45) is 5.92 Å². The van der Waals surface area contributed by atoms with Crippen molar-refractivity contribution >= 4 is 21.6 Å². The summed E-state index contributed by atoms with van der Waals surface area (Å²) in [6.07, 6.45) is 3.48. The minimum absolute atomic E-state index is 0.417. The lowest BCUT2D eigenvalue weighted by molar-refractivity contribution is 0.198. The highest BCUT2D eigenvalue weighted by molar-refractivity contribution is 9.10. The van der Waals surface area contributed by atoms with Crippen LogP contribution in [0.2, 0.25) is 0 Å². The lowest BCUT2D eigenvalue weighted by Gasteiger charge is -2.33. The van der Waals surface area contributed by atoms with Crippen molar-refractivity contribution in [3.63, 3.8) is 0 Å². The molecule has 0 saturated carbocycles. The molecule has 1 aromatic carbocycles. The average molecular weight is 312 g/mol. The van der Waals surface area contributed by atoms with Gasteiger partial charge in [0.15, 0.2) is 0 Å². The summed E-state index contributed by atoms with van der Waals surface area (Å²) >= 11 is 3.55. The predicted molar refractivity (Wildman–Crippen MR) is 80.0 cm³/mol. The maximum absolute atomic E-state index is 9.63. The number of hydrogen-bond donors (Lipinski definition) is 1. The van der Waals surface area contributed by atoms with Crippen LogP contribution in [0.4, 0.5) is 5.69 Å². The molecule has 18 heavy (non-hydrogen) atoms. The number of nitrogens with zero attached hydrogens (tertiary/aromatic N) is 1. The van der Waals surface area contributed by atoms with Crippen molar-refractivity contribution in [2.45, 2.75) is 39.2 Å². The first-order chi connectivity index (χ1) is 8.61. The van der Waals surface area contributed by atoms with E-state index in [1.54, 1.807) is 6.92 Å². The highest BCUT2D eigenvalue weighted by atomic mass is 79.9. The van der Waals surface area contributed by atoms with Crippen LogP contribution in [0, 0.1) is 5.92 Å². The highest BCUT2D eigenvalue weighted by Gasteiger charge is 2.18. The summed E-state index contributed by atoms with van der Waals surface area (Å²) in [4.78, 5) is 2.45. The minimum atomic E-state index is -0.417. The smallest absolute Gasteiger partial charge is 0.0772 e. The molecule has 0 unspecified atom stereocenters. The van der Waals surface area contributed by atoms with E-state index in [4.69, 9.17) is 0 Å². The van der Waals surface area contributed by atoms with E-state index in [1.807, 2.05) is 6.07 Å². The molecule has 2 nitrogen and oxygen atoms in total. The van der Waals surface area contributed by atoms with Crippen LogP contribution in [0.5, 0.6) is 0 Å². The van der Waals surface area contributed by atoms with Crippen molar-refractivity contribution < 1.29 is 5.11 Å². The number of halogens is 1. The summed E-state index contributed by atoms with van der Waals surface area (Å²) in [5.74, 6) is 0.904. The van der Waals surface area contributed by atoms with Gasteiger partial charge in [0, 0.05) is 23.2 Å². The van der Waals surface area contributed by atoms with E-state index in [2.05, 4.69) is 39.9 Å². The van der Waals surface area contributed by atoms with Gasteiger partial charge in [-0.2, -0.15) is 0 Å². The maximum atomic E-state index is 9.63. The number of anilines is 1. The summed E-state index contributed by atoms with van der Waals surface area (Å²) in [7, 11) is 0. The van der Waals surface area contributed by atoms with E-state index in [0.717, 1.165) is 29.0 Å². The second kappa shape index (κ2) is 6.07. The molecule has 1 aromatic rings. The Labute approximate surface area is 118 Å². The Bertz CT molecular complexity index is 397. The van der Waals surface area contributed by atoms with E-state index in [0.29, 0.717) is 0 Å². The summed E-state index contributed by atoms with van der Waals surface area (Å²) in [6, 6.07) is 6.28. The van der Waals surface area contributed by atoms with Gasteiger partial charge in [0.2, 0.25) is 0 Å². The molecule has 1 N–H and O–H groups in total. The number of aliphatic hydroxyl groups is 1. The molecule has 0 amide bonds. The Morgan fingerprint density at radius 3 is 2.56 bits per heavy atom. The van der Waals surface area contributed by atoms with Crippen molar-refractivity contribution in [3.05, 3.63) is 28.2 Å². The van der Waals surface area contributed by atoms with Gasteiger partial charge in [0.05, 0.1) is 6.10 Å². The van der Waals surface area contributed by atoms with Gasteiger partial charge in [-0.3, -0.25) is 0 Å². The van der Waals surface area contributed by atoms with Crippen LogP contribution >= 0.6 is 15.9 Å². The van der Waals surface area contributed by atoms with Crippen molar-refractivity contribution in [2.75, 3.05) is 18.0 Å². The monoisotopic (exact) mass is 311 g/mol. The van der Waals surface area contributed by atoms with Crippen molar-refractivity contribution in [1.29, 1.82) is 0 Å². The molecule has 0 bridgehead atoms. The van der Waals surface area contributed by atoms with Crippen LogP contribution in [0.15, 0.2) is 22.7 Å². The molecule has 0 aromatic heterocycles. The van der Waals surface area contributed by atoms with Gasteiger partial charge in [0.1, 0.15) is 0 Å². The molecule has 1 aliphatic rings. The fourth-order valence-corrected chi connectivity index (χ4v) is 3.35. The van der Waals surface area contributed by atoms with Gasteiger partial charge >= 0.3 is 0 Å². The zero-order valence-electron chi connectivity index (χ0n) is 11.2. The third kappa shape index (κ3) is 3.07. The summed E-state index contributed by atoms with van der Waals surface area (Å²) in [6.45, 7) is 6.39. The van der Waals surface area contributed by atoms with E-state index in [-0.39, 0.29) is 0 Å². The average Bonchev–Trinajstić information content (AvgIpc) is 2.38. The fourth-order valence-electron chi connectivity index (χ4n) is 2.65. The van der Waals surface area contributed by atoms with Gasteiger partial charge in [-0.15, -0.1) is 0 Å². The third-order valence-electron chi connectivity index (χ3n) is 3.99. The molecule has 0 radical (unpaired) electrons. The van der Waals surface area contributed by atoms with E-state index < -0.39 is 6.10 Å². The second-order valence-corrected chi connectivity index (χ2v) is 6.07. The standard InChI is InChI=1S/C15H22BrNO/c1-3-12-6-8-17(9-7-12)13-4-5-14(11(2)18)15(16)10-13/h4-5,10-12,18H,3,6-9H2,1-2H3/t11-/m0/s1. The molecular weight excluding hydrogens is 290 g/mol. The zero-order chi connectivity index (χ0) is 13.1. The first kappa shape index (κ1) is 13.9. The van der Waals surface area contributed by atoms with Crippen LogP contribution in [-0.2, 0) is 0 Å². The number of piperidine rings is 1. The van der Waals surface area contributed by atoms with Crippen LogP contribution < -0.4 is 4.90 Å². The highest BCUT2D eigenvalue weighted by Crippen LogP contribution is 2.30. The lowest BCUT2D eigenvalue weighted by Crippen LogP contribution is -2.33. The van der Waals surface area contributed by atoms with Gasteiger partial charge in [0.25, 0.3) is 0 Å². The van der Waals surface area contributed by atoms with Gasteiger partial charge in [-0.25, -0.2) is 0 Å². The normalized spacial score (nSPS) is 19.0. The molecule has 1 atom stereocenters. The Morgan fingerprint density at radius 2 is 2.06 bits per heavy atom. The van der Waals surface area contributed by atoms with Crippen molar-refractivity contribution in [1.82, 2.24) is 0 Å². The molecule has 1 heterocycles. The topological polar surface area (TPSA) is 23.5 Å². The summed E-state index contributed by atoms with van der Waals surface area (Å²) in [5, 5.41) is 9.63. The largest absolute Gasteiger partial charge is 0.389 e. The van der Waals surface area contributed by atoms with Crippen molar-refractivity contribution in [3.8, 4) is 0 Å². The summed E-state index contributed by atoms with van der Waals surface area (Å²) < 4.78 is 1.01. The Kier molecular flexibility index (Phi) is 4.68. The number of rotatable bonds is 3. The Hall–Kier alpha value is -0.540. The molecule has 1 fully saturated rings. The third-order valence-corrected chi connectivity index (χ3v) is 4.68. The Balaban J connectivity index is 2.08. The molecule has 100 valence electrons. The van der Waals surface area contributed by atoms with Crippen LogP contribution in [0.25, 0.3) is 0 Å². The zero-order valence-corrected chi connectivity index (χ0v) is 12.8. The van der Waals surface area contributed by atoms with E-state index in [9.17, 15) is 5.11 Å². The predicted octanol–water partition coefficient (Wildman–Crippen LogP) is 4.13. The van der Waals surface area contributed by atoms with Crippen LogP contribution in [0.3, 0.4) is 0 Å². The van der Waals surface area contributed by atoms with Crippen LogP contribution in [0.1, 0.15) is 44.8 Å². The molecule has 0 aliphatic carbocycles. The lowest BCUT2D eigenvalue weighted by atomic mass is 9.94. The first-order valence-electron chi connectivity index (χ1n) is 6.84. The first-order valence-corrected chi connectivity index (χ1v) is 7.63. The van der Waals surface area contributed by atoms with Gasteiger partial charge in [-0.1, -0.05) is 35.3 Å². The Morgan fingerprint density at radius 1 is 1.39 bits per heavy atom. The molecule has 1 aliphatic heterocycles. The fraction of sp³-hybridized carbons (Fsp3) is 0.600. The minimum Gasteiger partial charge on any atom is -0.389 e. The number of aliphatic hydroxyl groups excluding tert-OH is 1. The molecule has 2 rings (SSSR count). The molecule has 1 saturated heterocycles. The maximum Gasteiger partial charge on any atom is 0.0772 e. The van der Waals surface area contributed by atoms with Gasteiger partial charge in [-0.05, 0) is 43.4 Å². The van der Waals surface area contributed by atoms with E-state index >= 15 is 0 Å². The molecule has 3 heteroatoms. The molecule has 0 spiro atoms. The molecular formula is C15H22BrNO. The van der Waals surface area contributed by atoms with E-state index in [1.165, 1.54) is 24.9 Å². The number of benzene rings is 1.